The van der Waals surface area contributed by atoms with Gasteiger partial charge in [-0.1, -0.05) is 0 Å². The third-order valence-electron chi connectivity index (χ3n) is 1.73. The molecule has 0 aliphatic carbocycles. The maximum absolute atomic E-state index is 12.4. The van der Waals surface area contributed by atoms with Crippen molar-refractivity contribution in [3.05, 3.63) is 18.0 Å². The van der Waals surface area contributed by atoms with E-state index in [1.54, 1.807) is 33.2 Å². The van der Waals surface area contributed by atoms with Crippen LogP contribution >= 0.6 is 0 Å². The molecule has 0 aromatic carbocycles. The van der Waals surface area contributed by atoms with E-state index in [0.717, 1.165) is 0 Å². The highest BCUT2D eigenvalue weighted by Gasteiger charge is 2.21. The minimum atomic E-state index is -0.839. The van der Waals surface area contributed by atoms with Crippen molar-refractivity contribution in [1.29, 1.82) is 0 Å². The molecule has 1 rings (SSSR count). The van der Waals surface area contributed by atoms with Crippen LogP contribution < -0.4 is 5.32 Å². The molecule has 0 unspecified atom stereocenters. The Labute approximate surface area is 82.1 Å². The monoisotopic (exact) mass is 199 g/mol. The van der Waals surface area contributed by atoms with Crippen LogP contribution in [0, 0.1) is 0 Å². The third kappa shape index (κ3) is 2.55. The lowest BCUT2D eigenvalue weighted by Gasteiger charge is -2.21. The van der Waals surface area contributed by atoms with E-state index in [-0.39, 0.29) is 5.91 Å². The first-order valence-corrected chi connectivity index (χ1v) is 4.33. The summed E-state index contributed by atoms with van der Waals surface area (Å²) in [6.45, 7) is 2.63. The molecule has 0 bridgehead atoms. The van der Waals surface area contributed by atoms with Gasteiger partial charge in [0.1, 0.15) is 12.4 Å². The second-order valence-electron chi connectivity index (χ2n) is 3.85. The highest BCUT2D eigenvalue weighted by atomic mass is 19.1. The van der Waals surface area contributed by atoms with E-state index >= 15 is 0 Å². The molecule has 0 saturated heterocycles. The van der Waals surface area contributed by atoms with Gasteiger partial charge in [0, 0.05) is 13.2 Å². The second-order valence-corrected chi connectivity index (χ2v) is 3.85. The molecule has 78 valence electrons. The summed E-state index contributed by atoms with van der Waals surface area (Å²) in [6.07, 6.45) is 1.66. The van der Waals surface area contributed by atoms with Crippen LogP contribution in [-0.2, 0) is 7.05 Å². The summed E-state index contributed by atoms with van der Waals surface area (Å²) in [4.78, 5) is 11.5. The molecule has 0 aliphatic rings. The third-order valence-corrected chi connectivity index (χ3v) is 1.73. The summed E-state index contributed by atoms with van der Waals surface area (Å²) < 4.78 is 13.9. The Morgan fingerprint density at radius 3 is 2.79 bits per heavy atom. The van der Waals surface area contributed by atoms with Gasteiger partial charge in [0.25, 0.3) is 5.91 Å². The Balaban J connectivity index is 2.68. The highest BCUT2D eigenvalue weighted by Crippen LogP contribution is 2.04. The van der Waals surface area contributed by atoms with Gasteiger partial charge in [-0.15, -0.1) is 0 Å². The molecule has 1 heterocycles. The Hall–Kier alpha value is -1.39. The van der Waals surface area contributed by atoms with Gasteiger partial charge >= 0.3 is 0 Å². The fourth-order valence-electron chi connectivity index (χ4n) is 0.941. The molecule has 0 radical (unpaired) electrons. The number of amides is 1. The minimum absolute atomic E-state index is 0.300. The van der Waals surface area contributed by atoms with E-state index in [4.69, 9.17) is 0 Å². The van der Waals surface area contributed by atoms with E-state index < -0.39 is 12.2 Å². The van der Waals surface area contributed by atoms with Crippen LogP contribution in [0.1, 0.15) is 24.3 Å². The minimum Gasteiger partial charge on any atom is -0.343 e. The van der Waals surface area contributed by atoms with Crippen molar-refractivity contribution in [3.63, 3.8) is 0 Å². The molecule has 0 aliphatic heterocycles. The normalized spacial score (nSPS) is 11.4. The summed E-state index contributed by atoms with van der Waals surface area (Å²) in [5.41, 5.74) is -0.539. The molecule has 1 amide bonds. The summed E-state index contributed by atoms with van der Waals surface area (Å²) in [5.74, 6) is -0.353. The van der Waals surface area contributed by atoms with Gasteiger partial charge in [0.05, 0.1) is 5.54 Å². The fourth-order valence-corrected chi connectivity index (χ4v) is 0.941. The van der Waals surface area contributed by atoms with E-state index in [0.29, 0.717) is 5.69 Å². The first-order valence-electron chi connectivity index (χ1n) is 4.33. The van der Waals surface area contributed by atoms with E-state index in [2.05, 4.69) is 10.4 Å². The first-order chi connectivity index (χ1) is 6.44. The standard InChI is InChI=1S/C9H14FN3O/c1-9(2,6-10)11-8(14)7-4-5-13(3)12-7/h4-5H,6H2,1-3H3,(H,11,14). The van der Waals surface area contributed by atoms with Crippen molar-refractivity contribution in [2.45, 2.75) is 19.4 Å². The lowest BCUT2D eigenvalue weighted by Crippen LogP contribution is -2.45. The van der Waals surface area contributed by atoms with Gasteiger partial charge in [0.2, 0.25) is 0 Å². The van der Waals surface area contributed by atoms with Crippen molar-refractivity contribution in [2.24, 2.45) is 7.05 Å². The van der Waals surface area contributed by atoms with Crippen molar-refractivity contribution < 1.29 is 9.18 Å². The number of halogens is 1. The van der Waals surface area contributed by atoms with Crippen molar-refractivity contribution in [1.82, 2.24) is 15.1 Å². The zero-order chi connectivity index (χ0) is 10.8. The molecule has 1 N–H and O–H groups in total. The second kappa shape index (κ2) is 3.77. The molecule has 0 spiro atoms. The summed E-state index contributed by atoms with van der Waals surface area (Å²) >= 11 is 0. The van der Waals surface area contributed by atoms with Crippen LogP contribution in [0.5, 0.6) is 0 Å². The average molecular weight is 199 g/mol. The molecule has 5 heteroatoms. The largest absolute Gasteiger partial charge is 0.343 e. The molecule has 0 atom stereocenters. The van der Waals surface area contributed by atoms with Gasteiger partial charge in [-0.25, -0.2) is 4.39 Å². The fraction of sp³-hybridized carbons (Fsp3) is 0.556. The molecule has 0 saturated carbocycles. The Morgan fingerprint density at radius 1 is 1.71 bits per heavy atom. The van der Waals surface area contributed by atoms with E-state index in [1.807, 2.05) is 0 Å². The van der Waals surface area contributed by atoms with Gasteiger partial charge in [0.15, 0.2) is 0 Å². The summed E-state index contributed by atoms with van der Waals surface area (Å²) in [5, 5.41) is 6.46. The molecule has 4 nitrogen and oxygen atoms in total. The molecular weight excluding hydrogens is 185 g/mol. The number of carbonyl (C=O) groups is 1. The number of aromatic nitrogens is 2. The maximum atomic E-state index is 12.4. The first kappa shape index (κ1) is 10.7. The van der Waals surface area contributed by atoms with Crippen LogP contribution in [0.2, 0.25) is 0 Å². The van der Waals surface area contributed by atoms with Gasteiger partial charge in [-0.2, -0.15) is 5.10 Å². The zero-order valence-electron chi connectivity index (χ0n) is 8.54. The van der Waals surface area contributed by atoms with Crippen LogP contribution in [0.25, 0.3) is 0 Å². The molecule has 14 heavy (non-hydrogen) atoms. The number of nitrogens with zero attached hydrogens (tertiary/aromatic N) is 2. The molecular formula is C9H14FN3O. The Kier molecular flexibility index (Phi) is 2.88. The summed E-state index contributed by atoms with van der Waals surface area (Å²) in [7, 11) is 1.72. The topological polar surface area (TPSA) is 46.9 Å². The van der Waals surface area contributed by atoms with E-state index in [9.17, 15) is 9.18 Å². The lowest BCUT2D eigenvalue weighted by atomic mass is 10.1. The number of hydrogen-bond donors (Lipinski definition) is 1. The van der Waals surface area contributed by atoms with Gasteiger partial charge in [-0.3, -0.25) is 9.48 Å². The molecule has 1 aromatic rings. The number of carbonyl (C=O) groups excluding carboxylic acids is 1. The zero-order valence-corrected chi connectivity index (χ0v) is 8.54. The van der Waals surface area contributed by atoms with E-state index in [1.165, 1.54) is 4.68 Å². The van der Waals surface area contributed by atoms with Crippen LogP contribution in [0.4, 0.5) is 4.39 Å². The molecule has 1 aromatic heterocycles. The van der Waals surface area contributed by atoms with Crippen molar-refractivity contribution >= 4 is 5.91 Å². The number of aryl methyl sites for hydroxylation is 1. The van der Waals surface area contributed by atoms with Gasteiger partial charge < -0.3 is 5.32 Å². The highest BCUT2D eigenvalue weighted by molar-refractivity contribution is 5.92. The lowest BCUT2D eigenvalue weighted by molar-refractivity contribution is 0.0893. The van der Waals surface area contributed by atoms with Gasteiger partial charge in [-0.05, 0) is 19.9 Å². The Morgan fingerprint density at radius 2 is 2.36 bits per heavy atom. The predicted molar refractivity (Wildman–Crippen MR) is 50.7 cm³/mol. The van der Waals surface area contributed by atoms with Crippen molar-refractivity contribution in [3.8, 4) is 0 Å². The predicted octanol–water partition coefficient (Wildman–Crippen LogP) is 0.898. The maximum Gasteiger partial charge on any atom is 0.272 e. The number of alkyl halides is 1. The van der Waals surface area contributed by atoms with Crippen LogP contribution in [-0.4, -0.2) is 27.9 Å². The number of rotatable bonds is 3. The quantitative estimate of drug-likeness (QED) is 0.786. The van der Waals surface area contributed by atoms with Crippen molar-refractivity contribution in [2.75, 3.05) is 6.67 Å². The smallest absolute Gasteiger partial charge is 0.272 e. The number of nitrogens with one attached hydrogen (secondary N) is 1. The SMILES string of the molecule is Cn1ccc(C(=O)NC(C)(C)CF)n1. The Bertz CT molecular complexity index is 333. The van der Waals surface area contributed by atoms with Crippen LogP contribution in [0.15, 0.2) is 12.3 Å². The summed E-state index contributed by atoms with van der Waals surface area (Å²) in [6, 6.07) is 1.59. The van der Waals surface area contributed by atoms with Crippen LogP contribution in [0.3, 0.4) is 0 Å². The average Bonchev–Trinajstić information content (AvgIpc) is 2.51. The molecule has 0 fully saturated rings. The number of hydrogen-bond acceptors (Lipinski definition) is 2.